The summed E-state index contributed by atoms with van der Waals surface area (Å²) in [6, 6.07) is 3.75. The van der Waals surface area contributed by atoms with Crippen LogP contribution in [0.25, 0.3) is 0 Å². The second-order valence-electron chi connectivity index (χ2n) is 2.74. The van der Waals surface area contributed by atoms with Gasteiger partial charge in [0.25, 0.3) is 0 Å². The molecule has 0 saturated heterocycles. The van der Waals surface area contributed by atoms with Crippen LogP contribution in [0, 0.1) is 22.7 Å². The Bertz CT molecular complexity index is 382. The van der Waals surface area contributed by atoms with Gasteiger partial charge in [0.2, 0.25) is 0 Å². The van der Waals surface area contributed by atoms with E-state index in [4.69, 9.17) is 10.5 Å². The van der Waals surface area contributed by atoms with Crippen molar-refractivity contribution in [2.45, 2.75) is 26.7 Å². The third-order valence-corrected chi connectivity index (χ3v) is 1.93. The second-order valence-corrected chi connectivity index (χ2v) is 2.74. The lowest BCUT2D eigenvalue weighted by Gasteiger charge is -2.04. The molecular weight excluding hydrogens is 176 g/mol. The minimum absolute atomic E-state index is 0.126. The zero-order valence-corrected chi connectivity index (χ0v) is 8.20. The van der Waals surface area contributed by atoms with E-state index in [9.17, 15) is 0 Å². The summed E-state index contributed by atoms with van der Waals surface area (Å²) in [7, 11) is 0. The second kappa shape index (κ2) is 4.34. The lowest BCUT2D eigenvalue weighted by atomic mass is 10.2. The van der Waals surface area contributed by atoms with Gasteiger partial charge in [-0.25, -0.2) is 9.97 Å². The van der Waals surface area contributed by atoms with Gasteiger partial charge in [-0.15, -0.1) is 0 Å². The molecule has 1 rings (SSSR count). The van der Waals surface area contributed by atoms with Gasteiger partial charge in [0, 0.05) is 0 Å². The SMILES string of the molecule is CCc1nc(C#N)c(C#N)nc1CC. The molecule has 0 amide bonds. The van der Waals surface area contributed by atoms with Crippen molar-refractivity contribution in [2.24, 2.45) is 0 Å². The molecule has 4 heteroatoms. The van der Waals surface area contributed by atoms with Gasteiger partial charge < -0.3 is 0 Å². The van der Waals surface area contributed by atoms with Crippen LogP contribution < -0.4 is 0 Å². The summed E-state index contributed by atoms with van der Waals surface area (Å²) < 4.78 is 0. The molecule has 0 aliphatic rings. The van der Waals surface area contributed by atoms with Crippen LogP contribution in [0.1, 0.15) is 36.6 Å². The van der Waals surface area contributed by atoms with Gasteiger partial charge in [0.1, 0.15) is 12.1 Å². The fourth-order valence-corrected chi connectivity index (χ4v) is 1.23. The molecule has 1 aromatic heterocycles. The molecule has 0 radical (unpaired) electrons. The molecule has 1 aromatic rings. The number of hydrogen-bond donors (Lipinski definition) is 0. The van der Waals surface area contributed by atoms with E-state index in [1.54, 1.807) is 0 Å². The molecule has 0 saturated carbocycles. The van der Waals surface area contributed by atoms with Gasteiger partial charge in [-0.2, -0.15) is 10.5 Å². The topological polar surface area (TPSA) is 73.4 Å². The van der Waals surface area contributed by atoms with Crippen LogP contribution in [0.5, 0.6) is 0 Å². The molecule has 4 nitrogen and oxygen atoms in total. The van der Waals surface area contributed by atoms with Crippen molar-refractivity contribution < 1.29 is 0 Å². The van der Waals surface area contributed by atoms with Crippen LogP contribution in [-0.2, 0) is 12.8 Å². The fraction of sp³-hybridized carbons (Fsp3) is 0.400. The van der Waals surface area contributed by atoms with Crippen LogP contribution in [-0.4, -0.2) is 9.97 Å². The molecule has 0 N–H and O–H groups in total. The monoisotopic (exact) mass is 186 g/mol. The maximum atomic E-state index is 8.73. The van der Waals surface area contributed by atoms with E-state index in [1.807, 2.05) is 26.0 Å². The number of aryl methyl sites for hydroxylation is 2. The van der Waals surface area contributed by atoms with E-state index in [-0.39, 0.29) is 11.4 Å². The summed E-state index contributed by atoms with van der Waals surface area (Å²) in [5.41, 5.74) is 1.87. The fourth-order valence-electron chi connectivity index (χ4n) is 1.23. The van der Waals surface area contributed by atoms with E-state index in [0.29, 0.717) is 0 Å². The predicted octanol–water partition coefficient (Wildman–Crippen LogP) is 1.34. The maximum Gasteiger partial charge on any atom is 0.177 e. The molecule has 70 valence electrons. The molecule has 0 spiro atoms. The van der Waals surface area contributed by atoms with Crippen molar-refractivity contribution >= 4 is 0 Å². The van der Waals surface area contributed by atoms with Gasteiger partial charge in [0.05, 0.1) is 11.4 Å². The van der Waals surface area contributed by atoms with Crippen molar-refractivity contribution in [1.82, 2.24) is 9.97 Å². The van der Waals surface area contributed by atoms with Crippen LogP contribution in [0.4, 0.5) is 0 Å². The van der Waals surface area contributed by atoms with E-state index < -0.39 is 0 Å². The lowest BCUT2D eigenvalue weighted by Crippen LogP contribution is -2.05. The van der Waals surface area contributed by atoms with Crippen molar-refractivity contribution in [3.05, 3.63) is 22.8 Å². The van der Waals surface area contributed by atoms with Crippen molar-refractivity contribution in [1.29, 1.82) is 10.5 Å². The Balaban J connectivity index is 3.39. The Morgan fingerprint density at radius 2 is 1.29 bits per heavy atom. The summed E-state index contributed by atoms with van der Waals surface area (Å²) in [5, 5.41) is 17.5. The van der Waals surface area contributed by atoms with E-state index >= 15 is 0 Å². The quantitative estimate of drug-likeness (QED) is 0.698. The zero-order chi connectivity index (χ0) is 10.6. The Kier molecular flexibility index (Phi) is 3.14. The first-order chi connectivity index (χ1) is 6.76. The van der Waals surface area contributed by atoms with Gasteiger partial charge in [0.15, 0.2) is 11.4 Å². The minimum atomic E-state index is 0.126. The molecular formula is C10H10N4. The summed E-state index contributed by atoms with van der Waals surface area (Å²) in [5.74, 6) is 0. The number of aromatic nitrogens is 2. The number of nitrogens with zero attached hydrogens (tertiary/aromatic N) is 4. The maximum absolute atomic E-state index is 8.73. The van der Waals surface area contributed by atoms with Crippen LogP contribution in [0.3, 0.4) is 0 Å². The zero-order valence-electron chi connectivity index (χ0n) is 8.20. The number of rotatable bonds is 2. The predicted molar refractivity (Wildman–Crippen MR) is 50.2 cm³/mol. The van der Waals surface area contributed by atoms with E-state index in [0.717, 1.165) is 24.2 Å². The van der Waals surface area contributed by atoms with Crippen LogP contribution >= 0.6 is 0 Å². The molecule has 0 atom stereocenters. The molecule has 0 aliphatic heterocycles. The molecule has 0 bridgehead atoms. The molecule has 14 heavy (non-hydrogen) atoms. The van der Waals surface area contributed by atoms with E-state index in [2.05, 4.69) is 9.97 Å². The lowest BCUT2D eigenvalue weighted by molar-refractivity contribution is 0.888. The largest absolute Gasteiger partial charge is 0.237 e. The molecule has 0 aromatic carbocycles. The molecule has 0 fully saturated rings. The normalized spacial score (nSPS) is 9.14. The van der Waals surface area contributed by atoms with E-state index in [1.165, 1.54) is 0 Å². The summed E-state index contributed by atoms with van der Waals surface area (Å²) in [6.45, 7) is 3.91. The highest BCUT2D eigenvalue weighted by atomic mass is 14.8. The van der Waals surface area contributed by atoms with Crippen molar-refractivity contribution in [2.75, 3.05) is 0 Å². The molecule has 0 aliphatic carbocycles. The van der Waals surface area contributed by atoms with Gasteiger partial charge in [-0.05, 0) is 12.8 Å². The Hall–Kier alpha value is -1.94. The van der Waals surface area contributed by atoms with Gasteiger partial charge >= 0.3 is 0 Å². The summed E-state index contributed by atoms with van der Waals surface area (Å²) in [6.07, 6.45) is 1.47. The minimum Gasteiger partial charge on any atom is -0.237 e. The number of hydrogen-bond acceptors (Lipinski definition) is 4. The van der Waals surface area contributed by atoms with Crippen molar-refractivity contribution in [3.8, 4) is 12.1 Å². The standard InChI is InChI=1S/C10H10N4/c1-3-7-8(4-2)14-10(6-12)9(5-11)13-7/h3-4H2,1-2H3. The highest BCUT2D eigenvalue weighted by Gasteiger charge is 2.10. The third-order valence-electron chi connectivity index (χ3n) is 1.93. The smallest absolute Gasteiger partial charge is 0.177 e. The number of nitriles is 2. The van der Waals surface area contributed by atoms with Gasteiger partial charge in [-0.1, -0.05) is 13.8 Å². The first kappa shape index (κ1) is 10.1. The van der Waals surface area contributed by atoms with Crippen LogP contribution in [0.2, 0.25) is 0 Å². The highest BCUT2D eigenvalue weighted by molar-refractivity contribution is 5.37. The third kappa shape index (κ3) is 1.70. The Morgan fingerprint density at radius 3 is 1.50 bits per heavy atom. The van der Waals surface area contributed by atoms with Crippen LogP contribution in [0.15, 0.2) is 0 Å². The Labute approximate surface area is 82.8 Å². The summed E-state index contributed by atoms with van der Waals surface area (Å²) >= 11 is 0. The molecule has 1 heterocycles. The average Bonchev–Trinajstić information content (AvgIpc) is 2.26. The first-order valence-electron chi connectivity index (χ1n) is 4.46. The first-order valence-corrected chi connectivity index (χ1v) is 4.46. The summed E-state index contributed by atoms with van der Waals surface area (Å²) in [4.78, 5) is 8.21. The van der Waals surface area contributed by atoms with Crippen molar-refractivity contribution in [3.63, 3.8) is 0 Å². The average molecular weight is 186 g/mol. The highest BCUT2D eigenvalue weighted by Crippen LogP contribution is 2.09. The van der Waals surface area contributed by atoms with Gasteiger partial charge in [-0.3, -0.25) is 0 Å². The molecule has 0 unspecified atom stereocenters. The Morgan fingerprint density at radius 1 is 0.929 bits per heavy atom.